The number of allylic oxidation sites excluding steroid dienone is 1. The maximum absolute atomic E-state index is 5.70. The lowest BCUT2D eigenvalue weighted by Gasteiger charge is -2.19. The monoisotopic (exact) mass is 230 g/mol. The molecule has 76 valence electrons. The molecular formula is C9H11ClN2OS. The van der Waals surface area contributed by atoms with Crippen LogP contribution in [-0.4, -0.2) is 17.6 Å². The molecule has 2 rings (SSSR count). The minimum absolute atomic E-state index is 0.252. The lowest BCUT2D eigenvalue weighted by atomic mass is 10.1. The second-order valence-corrected chi connectivity index (χ2v) is 4.31. The maximum atomic E-state index is 5.70. The van der Waals surface area contributed by atoms with Crippen molar-refractivity contribution in [3.05, 3.63) is 22.9 Å². The number of rotatable bonds is 3. The van der Waals surface area contributed by atoms with Gasteiger partial charge in [0.1, 0.15) is 11.3 Å². The van der Waals surface area contributed by atoms with Crippen LogP contribution in [0.15, 0.2) is 17.7 Å². The highest BCUT2D eigenvalue weighted by Gasteiger charge is 2.10. The summed E-state index contributed by atoms with van der Waals surface area (Å²) in [5.74, 6) is 0. The Labute approximate surface area is 91.8 Å². The van der Waals surface area contributed by atoms with E-state index in [1.165, 1.54) is 11.3 Å². The zero-order chi connectivity index (χ0) is 9.80. The third-order valence-electron chi connectivity index (χ3n) is 1.98. The first-order valence-electron chi connectivity index (χ1n) is 4.50. The molecule has 1 aliphatic heterocycles. The smallest absolute Gasteiger partial charge is 0.184 e. The van der Waals surface area contributed by atoms with Crippen LogP contribution in [0.3, 0.4) is 0 Å². The third kappa shape index (κ3) is 2.62. The number of thiazole rings is 1. The molecule has 0 spiro atoms. The van der Waals surface area contributed by atoms with Crippen molar-refractivity contribution in [3.63, 3.8) is 0 Å². The van der Waals surface area contributed by atoms with Crippen molar-refractivity contribution in [1.29, 1.82) is 0 Å². The van der Waals surface area contributed by atoms with E-state index in [9.17, 15) is 0 Å². The molecule has 14 heavy (non-hydrogen) atoms. The number of halogens is 1. The summed E-state index contributed by atoms with van der Waals surface area (Å²) in [6, 6.07) is 0. The average molecular weight is 231 g/mol. The van der Waals surface area contributed by atoms with Gasteiger partial charge in [-0.25, -0.2) is 4.98 Å². The Hall–Kier alpha value is -0.740. The summed E-state index contributed by atoms with van der Waals surface area (Å²) < 4.78 is 5.41. The Morgan fingerprint density at radius 3 is 3.29 bits per heavy atom. The molecule has 0 aliphatic carbocycles. The molecule has 1 aromatic rings. The van der Waals surface area contributed by atoms with Crippen LogP contribution in [0.4, 0.5) is 5.13 Å². The number of nitrogens with zero attached hydrogens (tertiary/aromatic N) is 1. The van der Waals surface area contributed by atoms with Gasteiger partial charge in [0.2, 0.25) is 0 Å². The minimum Gasteiger partial charge on any atom is -0.497 e. The predicted molar refractivity (Wildman–Crippen MR) is 58.9 cm³/mol. The summed E-state index contributed by atoms with van der Waals surface area (Å²) in [7, 11) is 0. The number of nitrogens with one attached hydrogen (secondary N) is 1. The van der Waals surface area contributed by atoms with Crippen molar-refractivity contribution < 1.29 is 4.74 Å². The fraction of sp³-hybridized carbons (Fsp3) is 0.444. The molecule has 0 saturated carbocycles. The summed E-state index contributed by atoms with van der Waals surface area (Å²) in [4.78, 5) is 4.09. The molecule has 0 saturated heterocycles. The number of hydrogen-bond donors (Lipinski definition) is 1. The van der Waals surface area contributed by atoms with Gasteiger partial charge in [0.15, 0.2) is 5.13 Å². The summed E-state index contributed by atoms with van der Waals surface area (Å²) >= 11 is 7.21. The molecule has 1 aliphatic rings. The van der Waals surface area contributed by atoms with Gasteiger partial charge in [0, 0.05) is 5.38 Å². The molecule has 3 nitrogen and oxygen atoms in total. The Balaban J connectivity index is 1.79. The van der Waals surface area contributed by atoms with Crippen molar-refractivity contribution in [1.82, 2.24) is 4.98 Å². The van der Waals surface area contributed by atoms with Crippen molar-refractivity contribution in [2.75, 3.05) is 11.9 Å². The minimum atomic E-state index is 0.252. The van der Waals surface area contributed by atoms with E-state index < -0.39 is 0 Å². The predicted octanol–water partition coefficient (Wildman–Crippen LogP) is 2.90. The lowest BCUT2D eigenvalue weighted by Crippen LogP contribution is -2.22. The van der Waals surface area contributed by atoms with Crippen LogP contribution in [0.5, 0.6) is 0 Å². The fourth-order valence-electron chi connectivity index (χ4n) is 1.27. The van der Waals surface area contributed by atoms with E-state index in [4.69, 9.17) is 16.3 Å². The normalized spacial score (nSPS) is 20.5. The van der Waals surface area contributed by atoms with Gasteiger partial charge in [-0.15, -0.1) is 11.3 Å². The van der Waals surface area contributed by atoms with Gasteiger partial charge in [0.25, 0.3) is 0 Å². The van der Waals surface area contributed by atoms with Crippen LogP contribution in [0.2, 0.25) is 5.15 Å². The fourth-order valence-corrected chi connectivity index (χ4v) is 2.12. The molecule has 1 atom stereocenters. The Kier molecular flexibility index (Phi) is 3.26. The van der Waals surface area contributed by atoms with E-state index in [2.05, 4.69) is 10.3 Å². The number of ether oxygens (including phenoxy) is 1. The Bertz CT molecular complexity index is 326. The van der Waals surface area contributed by atoms with Crippen LogP contribution in [0, 0.1) is 0 Å². The van der Waals surface area contributed by atoms with E-state index >= 15 is 0 Å². The van der Waals surface area contributed by atoms with Gasteiger partial charge >= 0.3 is 0 Å². The van der Waals surface area contributed by atoms with Gasteiger partial charge in [0.05, 0.1) is 12.8 Å². The van der Waals surface area contributed by atoms with Crippen LogP contribution in [0.25, 0.3) is 0 Å². The van der Waals surface area contributed by atoms with Gasteiger partial charge in [-0.2, -0.15) is 0 Å². The molecule has 5 heteroatoms. The first-order valence-corrected chi connectivity index (χ1v) is 5.76. The molecule has 1 N–H and O–H groups in total. The van der Waals surface area contributed by atoms with Crippen molar-refractivity contribution >= 4 is 28.1 Å². The first-order chi connectivity index (χ1) is 6.84. The second kappa shape index (κ2) is 4.66. The molecule has 0 fully saturated rings. The zero-order valence-corrected chi connectivity index (χ0v) is 9.14. The molecule has 1 aromatic heterocycles. The number of aromatic nitrogens is 1. The zero-order valence-electron chi connectivity index (χ0n) is 7.57. The lowest BCUT2D eigenvalue weighted by molar-refractivity contribution is 0.135. The Morgan fingerprint density at radius 2 is 2.64 bits per heavy atom. The van der Waals surface area contributed by atoms with E-state index in [1.54, 1.807) is 6.26 Å². The van der Waals surface area contributed by atoms with E-state index in [0.29, 0.717) is 5.15 Å². The molecule has 0 aromatic carbocycles. The third-order valence-corrected chi connectivity index (χ3v) is 3.10. The summed E-state index contributed by atoms with van der Waals surface area (Å²) in [6.07, 6.45) is 6.21. The van der Waals surface area contributed by atoms with Crippen LogP contribution in [-0.2, 0) is 4.74 Å². The van der Waals surface area contributed by atoms with Crippen molar-refractivity contribution in [2.24, 2.45) is 0 Å². The van der Waals surface area contributed by atoms with E-state index in [0.717, 1.165) is 24.5 Å². The van der Waals surface area contributed by atoms with E-state index in [-0.39, 0.29) is 6.10 Å². The maximum Gasteiger partial charge on any atom is 0.184 e. The highest BCUT2D eigenvalue weighted by atomic mass is 35.5. The molecule has 2 heterocycles. The summed E-state index contributed by atoms with van der Waals surface area (Å²) in [5.41, 5.74) is 0. The highest BCUT2D eigenvalue weighted by molar-refractivity contribution is 7.14. The Morgan fingerprint density at radius 1 is 1.71 bits per heavy atom. The van der Waals surface area contributed by atoms with Crippen LogP contribution >= 0.6 is 22.9 Å². The molecule has 0 bridgehead atoms. The summed E-state index contributed by atoms with van der Waals surface area (Å²) in [6.45, 7) is 0.786. The first kappa shape index (κ1) is 9.80. The topological polar surface area (TPSA) is 34.1 Å². The number of hydrogen-bond acceptors (Lipinski definition) is 4. The second-order valence-electron chi connectivity index (χ2n) is 3.06. The molecule has 0 amide bonds. The molecular weight excluding hydrogens is 220 g/mol. The van der Waals surface area contributed by atoms with Gasteiger partial charge in [-0.1, -0.05) is 11.6 Å². The largest absolute Gasteiger partial charge is 0.497 e. The van der Waals surface area contributed by atoms with Gasteiger partial charge in [-0.3, -0.25) is 0 Å². The van der Waals surface area contributed by atoms with Crippen LogP contribution in [0.1, 0.15) is 12.8 Å². The van der Waals surface area contributed by atoms with Crippen LogP contribution < -0.4 is 5.32 Å². The van der Waals surface area contributed by atoms with Gasteiger partial charge < -0.3 is 10.1 Å². The highest BCUT2D eigenvalue weighted by Crippen LogP contribution is 2.19. The van der Waals surface area contributed by atoms with Gasteiger partial charge in [-0.05, 0) is 18.9 Å². The number of anilines is 1. The van der Waals surface area contributed by atoms with Crippen molar-refractivity contribution in [2.45, 2.75) is 18.9 Å². The van der Waals surface area contributed by atoms with Crippen molar-refractivity contribution in [3.8, 4) is 0 Å². The SMILES string of the molecule is Clc1csc(NCC2CCC=CO2)n1. The quantitative estimate of drug-likeness (QED) is 0.867. The average Bonchev–Trinajstić information content (AvgIpc) is 2.63. The summed E-state index contributed by atoms with van der Waals surface area (Å²) in [5, 5.41) is 6.41. The standard InChI is InChI=1S/C9H11ClN2OS/c10-8-6-14-9(12-8)11-5-7-3-1-2-4-13-7/h2,4,6-7H,1,3,5H2,(H,11,12). The van der Waals surface area contributed by atoms with E-state index in [1.807, 2.05) is 11.5 Å². The molecule has 0 radical (unpaired) electrons. The molecule has 1 unspecified atom stereocenters.